The monoisotopic (exact) mass is 301 g/mol. The molecule has 9 heteroatoms. The first-order chi connectivity index (χ1) is 8.75. The molecule has 1 aliphatic rings. The Balaban J connectivity index is 2.47. The normalized spacial score (nSPS) is 15.1. The highest BCUT2D eigenvalue weighted by molar-refractivity contribution is 7.93. The van der Waals surface area contributed by atoms with E-state index in [-0.39, 0.29) is 11.4 Å². The molecule has 102 valence electrons. The highest BCUT2D eigenvalue weighted by atomic mass is 32.2. The number of primary sulfonamides is 1. The highest BCUT2D eigenvalue weighted by Gasteiger charge is 2.29. The number of nitriles is 1. The van der Waals surface area contributed by atoms with Gasteiger partial charge in [-0.2, -0.15) is 5.26 Å². The molecule has 1 aromatic carbocycles. The first-order valence-corrected chi connectivity index (χ1v) is 8.44. The molecule has 0 unspecified atom stereocenters. The largest absolute Gasteiger partial charge is 0.269 e. The molecule has 7 nitrogen and oxygen atoms in total. The number of benzene rings is 1. The van der Waals surface area contributed by atoms with Crippen molar-refractivity contribution in [1.29, 1.82) is 5.26 Å². The maximum atomic E-state index is 11.8. The molecule has 2 rings (SSSR count). The molecular formula is C10H11N3O4S2. The van der Waals surface area contributed by atoms with Crippen molar-refractivity contribution in [2.24, 2.45) is 5.14 Å². The van der Waals surface area contributed by atoms with Crippen molar-refractivity contribution in [3.63, 3.8) is 0 Å². The quantitative estimate of drug-likeness (QED) is 0.810. The second kappa shape index (κ2) is 4.48. The average Bonchev–Trinajstić information content (AvgIpc) is 2.70. The van der Waals surface area contributed by atoms with Crippen molar-refractivity contribution in [1.82, 2.24) is 0 Å². The van der Waals surface area contributed by atoms with Gasteiger partial charge in [0.15, 0.2) is 5.75 Å². The lowest BCUT2D eigenvalue weighted by Crippen LogP contribution is -2.30. The Morgan fingerprint density at radius 3 is 2.58 bits per heavy atom. The van der Waals surface area contributed by atoms with Crippen LogP contribution in [-0.4, -0.2) is 29.1 Å². The summed E-state index contributed by atoms with van der Waals surface area (Å²) in [6, 6.07) is 5.63. The van der Waals surface area contributed by atoms with Crippen LogP contribution < -0.4 is 9.44 Å². The average molecular weight is 301 g/mol. The number of nitrogens with two attached hydrogens (primary N) is 1. The second-order valence-electron chi connectivity index (χ2n) is 4.07. The maximum absolute atomic E-state index is 11.8. The van der Waals surface area contributed by atoms with Crippen molar-refractivity contribution >= 4 is 25.7 Å². The van der Waals surface area contributed by atoms with Crippen LogP contribution in [0.5, 0.6) is 0 Å². The van der Waals surface area contributed by atoms with Crippen LogP contribution in [0.3, 0.4) is 0 Å². The van der Waals surface area contributed by atoms with Crippen LogP contribution in [0, 0.1) is 11.3 Å². The maximum Gasteiger partial charge on any atom is 0.248 e. The molecule has 0 radical (unpaired) electrons. The summed E-state index contributed by atoms with van der Waals surface area (Å²) in [6.07, 6.45) is 0.392. The Kier molecular flexibility index (Phi) is 3.25. The van der Waals surface area contributed by atoms with E-state index in [4.69, 9.17) is 10.4 Å². The topological polar surface area (TPSA) is 121 Å². The predicted molar refractivity (Wildman–Crippen MR) is 68.3 cm³/mol. The second-order valence-corrected chi connectivity index (χ2v) is 7.53. The Morgan fingerprint density at radius 1 is 1.32 bits per heavy atom. The van der Waals surface area contributed by atoms with Gasteiger partial charge in [-0.3, -0.25) is 4.31 Å². The lowest BCUT2D eigenvalue weighted by molar-refractivity contribution is 0.595. The Hall–Kier alpha value is -1.63. The summed E-state index contributed by atoms with van der Waals surface area (Å²) in [5.74, 6) is -0.608. The molecule has 0 aliphatic carbocycles. The minimum atomic E-state index is -3.81. The van der Waals surface area contributed by atoms with Gasteiger partial charge < -0.3 is 0 Å². The van der Waals surface area contributed by atoms with Gasteiger partial charge >= 0.3 is 0 Å². The van der Waals surface area contributed by atoms with E-state index < -0.39 is 25.8 Å². The Labute approximate surface area is 111 Å². The smallest absolute Gasteiger partial charge is 0.248 e. The van der Waals surface area contributed by atoms with Crippen LogP contribution >= 0.6 is 0 Å². The van der Waals surface area contributed by atoms with E-state index in [9.17, 15) is 16.8 Å². The van der Waals surface area contributed by atoms with Gasteiger partial charge in [0.1, 0.15) is 0 Å². The van der Waals surface area contributed by atoms with E-state index in [0.717, 1.165) is 4.31 Å². The lowest BCUT2D eigenvalue weighted by atomic mass is 10.2. The molecule has 0 amide bonds. The molecule has 1 heterocycles. The fourth-order valence-corrected chi connectivity index (χ4v) is 3.70. The van der Waals surface area contributed by atoms with E-state index in [2.05, 4.69) is 0 Å². The number of fused-ring (bicyclic) bond motifs is 1. The van der Waals surface area contributed by atoms with Crippen molar-refractivity contribution in [3.05, 3.63) is 23.8 Å². The number of rotatable bonds is 3. The predicted octanol–water partition coefficient (Wildman–Crippen LogP) is -0.450. The first kappa shape index (κ1) is 13.8. The summed E-state index contributed by atoms with van der Waals surface area (Å²) in [4.78, 5) is -0.0502. The van der Waals surface area contributed by atoms with Crippen LogP contribution in [0.15, 0.2) is 23.1 Å². The van der Waals surface area contributed by atoms with Gasteiger partial charge in [0.25, 0.3) is 0 Å². The van der Waals surface area contributed by atoms with E-state index in [0.29, 0.717) is 17.7 Å². The van der Waals surface area contributed by atoms with E-state index in [1.807, 2.05) is 0 Å². The number of hydrogen-bond acceptors (Lipinski definition) is 5. The van der Waals surface area contributed by atoms with Crippen LogP contribution in [0.25, 0.3) is 0 Å². The van der Waals surface area contributed by atoms with E-state index in [1.54, 1.807) is 6.07 Å². The van der Waals surface area contributed by atoms with Crippen molar-refractivity contribution in [3.8, 4) is 6.07 Å². The van der Waals surface area contributed by atoms with Gasteiger partial charge in [-0.05, 0) is 30.2 Å². The molecule has 0 spiro atoms. The number of nitrogens with zero attached hydrogens (tertiary/aromatic N) is 2. The molecule has 0 aromatic heterocycles. The molecule has 0 atom stereocenters. The highest BCUT2D eigenvalue weighted by Crippen LogP contribution is 2.31. The Morgan fingerprint density at radius 2 is 2.00 bits per heavy atom. The number of anilines is 1. The molecular weight excluding hydrogens is 290 g/mol. The SMILES string of the molecule is N#CCS(=O)(=O)N1CCc2cc(S(N)(=O)=O)ccc21. The molecule has 0 saturated carbocycles. The molecule has 1 aromatic rings. The third kappa shape index (κ3) is 2.56. The van der Waals surface area contributed by atoms with Crippen LogP contribution in [0.2, 0.25) is 0 Å². The third-order valence-corrected chi connectivity index (χ3v) is 5.27. The van der Waals surface area contributed by atoms with Gasteiger partial charge in [0.05, 0.1) is 16.7 Å². The summed E-state index contributed by atoms with van der Waals surface area (Å²) in [5, 5.41) is 13.5. The van der Waals surface area contributed by atoms with E-state index in [1.165, 1.54) is 18.2 Å². The summed E-state index contributed by atoms with van der Waals surface area (Å²) >= 11 is 0. The van der Waals surface area contributed by atoms with Crippen LogP contribution in [-0.2, 0) is 26.5 Å². The molecule has 2 N–H and O–H groups in total. The lowest BCUT2D eigenvalue weighted by Gasteiger charge is -2.17. The molecule has 0 fully saturated rings. The minimum Gasteiger partial charge on any atom is -0.269 e. The van der Waals surface area contributed by atoms with E-state index >= 15 is 0 Å². The standard InChI is InChI=1S/C10H11N3O4S2/c11-4-6-18(14,15)13-5-3-8-7-9(19(12,16)17)1-2-10(8)13/h1-2,7H,3,5-6H2,(H2,12,16,17). The summed E-state index contributed by atoms with van der Waals surface area (Å²) in [5.41, 5.74) is 0.996. The fraction of sp³-hybridized carbons (Fsp3) is 0.300. The molecule has 19 heavy (non-hydrogen) atoms. The molecule has 0 saturated heterocycles. The zero-order valence-corrected chi connectivity index (χ0v) is 11.4. The summed E-state index contributed by atoms with van der Waals surface area (Å²) in [6.45, 7) is 0.202. The van der Waals surface area contributed by atoms with Gasteiger partial charge in [-0.1, -0.05) is 0 Å². The van der Waals surface area contributed by atoms with Crippen LogP contribution in [0.4, 0.5) is 5.69 Å². The van der Waals surface area contributed by atoms with Gasteiger partial charge in [-0.15, -0.1) is 0 Å². The Bertz CT molecular complexity index is 762. The zero-order valence-electron chi connectivity index (χ0n) is 9.77. The van der Waals surface area contributed by atoms with Gasteiger partial charge in [0.2, 0.25) is 20.0 Å². The minimum absolute atomic E-state index is 0.0502. The van der Waals surface area contributed by atoms with Crippen molar-refractivity contribution < 1.29 is 16.8 Å². The van der Waals surface area contributed by atoms with Crippen LogP contribution in [0.1, 0.15) is 5.56 Å². The van der Waals surface area contributed by atoms with Crippen molar-refractivity contribution in [2.75, 3.05) is 16.6 Å². The van der Waals surface area contributed by atoms with Gasteiger partial charge in [0, 0.05) is 6.54 Å². The third-order valence-electron chi connectivity index (χ3n) is 2.82. The van der Waals surface area contributed by atoms with Crippen molar-refractivity contribution in [2.45, 2.75) is 11.3 Å². The summed E-state index contributed by atoms with van der Waals surface area (Å²) < 4.78 is 47.2. The molecule has 1 aliphatic heterocycles. The first-order valence-electron chi connectivity index (χ1n) is 5.29. The fourth-order valence-electron chi connectivity index (χ4n) is 1.97. The van der Waals surface area contributed by atoms with Gasteiger partial charge in [-0.25, -0.2) is 22.0 Å². The molecule has 0 bridgehead atoms. The number of sulfonamides is 2. The summed E-state index contributed by atoms with van der Waals surface area (Å²) in [7, 11) is -7.49. The zero-order chi connectivity index (χ0) is 14.3. The number of hydrogen-bond donors (Lipinski definition) is 1.